The second-order valence-corrected chi connectivity index (χ2v) is 6.91. The number of likely N-dealkylation sites (tertiary alicyclic amines) is 1. The molecular weight excluding hydrogens is 268 g/mol. The summed E-state index contributed by atoms with van der Waals surface area (Å²) in [4.78, 5) is 25.9. The minimum atomic E-state index is -1.06. The third-order valence-electron chi connectivity index (χ3n) is 5.02. The van der Waals surface area contributed by atoms with Gasteiger partial charge >= 0.3 is 12.0 Å². The van der Waals surface area contributed by atoms with Gasteiger partial charge in [0.05, 0.1) is 0 Å². The maximum atomic E-state index is 12.4. The van der Waals surface area contributed by atoms with Gasteiger partial charge in [0.15, 0.2) is 0 Å². The van der Waals surface area contributed by atoms with Gasteiger partial charge in [-0.3, -0.25) is 0 Å². The summed E-state index contributed by atoms with van der Waals surface area (Å²) in [5.74, 6) is 0.0417. The van der Waals surface area contributed by atoms with Gasteiger partial charge in [0.25, 0.3) is 0 Å². The third-order valence-corrected chi connectivity index (χ3v) is 5.02. The van der Waals surface area contributed by atoms with Crippen molar-refractivity contribution in [2.75, 3.05) is 13.1 Å². The molecule has 2 fully saturated rings. The predicted octanol–water partition coefficient (Wildman–Crippen LogP) is 2.85. The maximum absolute atomic E-state index is 12.4. The Morgan fingerprint density at radius 1 is 1.38 bits per heavy atom. The van der Waals surface area contributed by atoms with Crippen LogP contribution in [0.15, 0.2) is 0 Å². The second kappa shape index (κ2) is 6.67. The quantitative estimate of drug-likeness (QED) is 0.838. The average Bonchev–Trinajstić information content (AvgIpc) is 2.87. The first-order valence-electron chi connectivity index (χ1n) is 8.27. The van der Waals surface area contributed by atoms with Crippen LogP contribution < -0.4 is 5.32 Å². The number of carboxylic acid groups (broad SMARTS) is 1. The van der Waals surface area contributed by atoms with E-state index in [2.05, 4.69) is 19.2 Å². The van der Waals surface area contributed by atoms with Crippen molar-refractivity contribution in [3.8, 4) is 0 Å². The average molecular weight is 296 g/mol. The fourth-order valence-corrected chi connectivity index (χ4v) is 3.86. The minimum Gasteiger partial charge on any atom is -0.480 e. The second-order valence-electron chi connectivity index (χ2n) is 6.91. The van der Waals surface area contributed by atoms with E-state index in [-0.39, 0.29) is 6.03 Å². The van der Waals surface area contributed by atoms with Crippen LogP contribution in [0, 0.1) is 11.8 Å². The molecular formula is C16H28N2O3. The minimum absolute atomic E-state index is 0.190. The largest absolute Gasteiger partial charge is 0.480 e. The molecule has 3 unspecified atom stereocenters. The molecule has 0 aromatic heterocycles. The first-order valence-corrected chi connectivity index (χ1v) is 8.27. The Kier molecular flexibility index (Phi) is 5.12. The highest BCUT2D eigenvalue weighted by molar-refractivity contribution is 5.86. The SMILES string of the molecule is CCCC1CCN(C(=O)NC2(C(=O)O)CCCC(C)C2)C1. The zero-order valence-corrected chi connectivity index (χ0v) is 13.2. The van der Waals surface area contributed by atoms with Gasteiger partial charge in [-0.1, -0.05) is 33.1 Å². The van der Waals surface area contributed by atoms with Gasteiger partial charge in [0, 0.05) is 13.1 Å². The topological polar surface area (TPSA) is 69.6 Å². The smallest absolute Gasteiger partial charge is 0.329 e. The summed E-state index contributed by atoms with van der Waals surface area (Å²) in [6, 6.07) is -0.190. The summed E-state index contributed by atoms with van der Waals surface area (Å²) in [7, 11) is 0. The fourth-order valence-electron chi connectivity index (χ4n) is 3.86. The molecule has 0 spiro atoms. The molecule has 2 N–H and O–H groups in total. The van der Waals surface area contributed by atoms with Crippen molar-refractivity contribution >= 4 is 12.0 Å². The molecule has 0 radical (unpaired) electrons. The number of hydrogen-bond acceptors (Lipinski definition) is 2. The Morgan fingerprint density at radius 2 is 2.14 bits per heavy atom. The van der Waals surface area contributed by atoms with E-state index in [4.69, 9.17) is 0 Å². The van der Waals surface area contributed by atoms with Crippen LogP contribution >= 0.6 is 0 Å². The van der Waals surface area contributed by atoms with Crippen molar-refractivity contribution in [3.63, 3.8) is 0 Å². The number of aliphatic carboxylic acids is 1. The Hall–Kier alpha value is -1.26. The number of carbonyl (C=O) groups is 2. The van der Waals surface area contributed by atoms with E-state index in [1.807, 2.05) is 0 Å². The molecule has 1 aliphatic heterocycles. The Labute approximate surface area is 127 Å². The summed E-state index contributed by atoms with van der Waals surface area (Å²) >= 11 is 0. The number of nitrogens with one attached hydrogen (secondary N) is 1. The molecule has 1 heterocycles. The molecule has 2 aliphatic rings. The zero-order chi connectivity index (χ0) is 15.5. The van der Waals surface area contributed by atoms with Gasteiger partial charge in [-0.15, -0.1) is 0 Å². The number of carboxylic acids is 1. The van der Waals surface area contributed by atoms with Crippen molar-refractivity contribution in [2.24, 2.45) is 11.8 Å². The van der Waals surface area contributed by atoms with Crippen LogP contribution in [-0.4, -0.2) is 40.6 Å². The molecule has 1 saturated carbocycles. The Balaban J connectivity index is 1.98. The highest BCUT2D eigenvalue weighted by Gasteiger charge is 2.44. The molecule has 1 aliphatic carbocycles. The Morgan fingerprint density at radius 3 is 2.76 bits per heavy atom. The molecule has 5 nitrogen and oxygen atoms in total. The molecule has 0 bridgehead atoms. The van der Waals surface area contributed by atoms with Crippen LogP contribution in [0.1, 0.15) is 58.8 Å². The molecule has 0 aromatic carbocycles. The number of amides is 2. The number of rotatable bonds is 4. The van der Waals surface area contributed by atoms with Crippen molar-refractivity contribution < 1.29 is 14.7 Å². The fraction of sp³-hybridized carbons (Fsp3) is 0.875. The summed E-state index contributed by atoms with van der Waals surface area (Å²) in [5, 5.41) is 12.5. The predicted molar refractivity (Wildman–Crippen MR) is 81.1 cm³/mol. The number of carbonyl (C=O) groups excluding carboxylic acids is 1. The molecule has 21 heavy (non-hydrogen) atoms. The van der Waals surface area contributed by atoms with E-state index < -0.39 is 11.5 Å². The van der Waals surface area contributed by atoms with Gasteiger partial charge in [-0.2, -0.15) is 0 Å². The lowest BCUT2D eigenvalue weighted by Gasteiger charge is -2.38. The molecule has 2 amide bonds. The van der Waals surface area contributed by atoms with Crippen LogP contribution in [0.3, 0.4) is 0 Å². The third kappa shape index (κ3) is 3.69. The standard InChI is InChI=1S/C16H28N2O3/c1-3-5-13-7-9-18(11-13)15(21)17-16(14(19)20)8-4-6-12(2)10-16/h12-13H,3-11H2,1-2H3,(H,17,21)(H,19,20). The highest BCUT2D eigenvalue weighted by atomic mass is 16.4. The van der Waals surface area contributed by atoms with Gasteiger partial charge in [0.2, 0.25) is 0 Å². The van der Waals surface area contributed by atoms with Crippen LogP contribution in [-0.2, 0) is 4.79 Å². The molecule has 3 atom stereocenters. The number of hydrogen-bond donors (Lipinski definition) is 2. The maximum Gasteiger partial charge on any atom is 0.329 e. The highest BCUT2D eigenvalue weighted by Crippen LogP contribution is 2.33. The number of urea groups is 1. The van der Waals surface area contributed by atoms with E-state index in [0.29, 0.717) is 24.7 Å². The van der Waals surface area contributed by atoms with E-state index in [1.165, 1.54) is 0 Å². The first kappa shape index (κ1) is 16.1. The summed E-state index contributed by atoms with van der Waals surface area (Å²) in [5.41, 5.74) is -1.06. The number of nitrogens with zero attached hydrogens (tertiary/aromatic N) is 1. The van der Waals surface area contributed by atoms with Crippen molar-refractivity contribution in [1.82, 2.24) is 10.2 Å². The van der Waals surface area contributed by atoms with Crippen LogP contribution in [0.25, 0.3) is 0 Å². The lowest BCUT2D eigenvalue weighted by Crippen LogP contribution is -2.59. The van der Waals surface area contributed by atoms with Gasteiger partial charge in [-0.05, 0) is 37.5 Å². The summed E-state index contributed by atoms with van der Waals surface area (Å²) in [6.45, 7) is 5.74. The molecule has 1 saturated heterocycles. The van der Waals surface area contributed by atoms with Crippen molar-refractivity contribution in [1.29, 1.82) is 0 Å². The Bertz CT molecular complexity index is 399. The van der Waals surface area contributed by atoms with Gasteiger partial charge in [-0.25, -0.2) is 9.59 Å². The zero-order valence-electron chi connectivity index (χ0n) is 13.2. The van der Waals surface area contributed by atoms with E-state index >= 15 is 0 Å². The van der Waals surface area contributed by atoms with E-state index in [1.54, 1.807) is 4.90 Å². The molecule has 2 rings (SSSR count). The first-order chi connectivity index (χ1) is 9.97. The van der Waals surface area contributed by atoms with Crippen LogP contribution in [0.2, 0.25) is 0 Å². The van der Waals surface area contributed by atoms with Crippen molar-refractivity contribution in [2.45, 2.75) is 64.3 Å². The monoisotopic (exact) mass is 296 g/mol. The summed E-state index contributed by atoms with van der Waals surface area (Å²) < 4.78 is 0. The molecule has 5 heteroatoms. The summed E-state index contributed by atoms with van der Waals surface area (Å²) in [6.07, 6.45) is 6.32. The van der Waals surface area contributed by atoms with Crippen LogP contribution in [0.5, 0.6) is 0 Å². The van der Waals surface area contributed by atoms with Crippen molar-refractivity contribution in [3.05, 3.63) is 0 Å². The van der Waals surface area contributed by atoms with Gasteiger partial charge < -0.3 is 15.3 Å². The van der Waals surface area contributed by atoms with E-state index in [9.17, 15) is 14.7 Å². The lowest BCUT2D eigenvalue weighted by atomic mass is 9.76. The normalized spacial score (nSPS) is 33.0. The van der Waals surface area contributed by atoms with Crippen LogP contribution in [0.4, 0.5) is 4.79 Å². The molecule has 120 valence electrons. The molecule has 0 aromatic rings. The van der Waals surface area contributed by atoms with Gasteiger partial charge in [0.1, 0.15) is 5.54 Å². The lowest BCUT2D eigenvalue weighted by molar-refractivity contribution is -0.146. The van der Waals surface area contributed by atoms with E-state index in [0.717, 1.165) is 45.2 Å².